The first kappa shape index (κ1) is 11.7. The van der Waals surface area contributed by atoms with Crippen molar-refractivity contribution in [1.29, 1.82) is 5.26 Å². The molecule has 1 N–H and O–H groups in total. The number of benzene rings is 1. The van der Waals surface area contributed by atoms with Gasteiger partial charge in [0.05, 0.1) is 11.6 Å². The Balaban J connectivity index is 2.49. The average Bonchev–Trinajstić information content (AvgIpc) is 2.38. The van der Waals surface area contributed by atoms with Crippen molar-refractivity contribution in [3.8, 4) is 17.2 Å². The Bertz CT molecular complexity index is 642. The van der Waals surface area contributed by atoms with E-state index >= 15 is 0 Å². The van der Waals surface area contributed by atoms with Crippen LogP contribution in [0, 0.1) is 18.3 Å². The minimum atomic E-state index is -1.18. The monoisotopic (exact) mass is 239 g/mol. The van der Waals surface area contributed by atoms with Crippen LogP contribution in [0.1, 0.15) is 21.7 Å². The molecule has 2 rings (SSSR count). The van der Waals surface area contributed by atoms with E-state index in [0.717, 1.165) is 5.56 Å². The number of carbonyl (C=O) groups is 1. The van der Waals surface area contributed by atoms with Crippen molar-refractivity contribution >= 4 is 5.97 Å². The summed E-state index contributed by atoms with van der Waals surface area (Å²) in [5.41, 5.74) is 2.82. The lowest BCUT2D eigenvalue weighted by Crippen LogP contribution is -2.03. The smallest absolute Gasteiger partial charge is 0.373 e. The Hall–Kier alpha value is -2.74. The molecule has 0 atom stereocenters. The maximum Gasteiger partial charge on any atom is 0.373 e. The third-order valence-corrected chi connectivity index (χ3v) is 2.45. The molecule has 2 aromatic rings. The fourth-order valence-corrected chi connectivity index (χ4v) is 1.58. The number of aromatic carboxylic acids is 1. The third-order valence-electron chi connectivity index (χ3n) is 2.45. The molecule has 5 heteroatoms. The lowest BCUT2D eigenvalue weighted by molar-refractivity contribution is 0.0683. The summed E-state index contributed by atoms with van der Waals surface area (Å²) in [6.07, 6.45) is 2.81. The van der Waals surface area contributed by atoms with Crippen molar-refractivity contribution in [2.45, 2.75) is 6.92 Å². The van der Waals surface area contributed by atoms with E-state index in [9.17, 15) is 4.79 Å². The van der Waals surface area contributed by atoms with Crippen molar-refractivity contribution in [1.82, 2.24) is 9.97 Å². The van der Waals surface area contributed by atoms with Crippen molar-refractivity contribution in [3.63, 3.8) is 0 Å². The number of aryl methyl sites for hydroxylation is 1. The Morgan fingerprint density at radius 1 is 1.33 bits per heavy atom. The molecule has 0 amide bonds. The van der Waals surface area contributed by atoms with Gasteiger partial charge in [0.15, 0.2) is 0 Å². The highest BCUT2D eigenvalue weighted by Crippen LogP contribution is 2.22. The van der Waals surface area contributed by atoms with Crippen LogP contribution in [-0.2, 0) is 0 Å². The summed E-state index contributed by atoms with van der Waals surface area (Å²) in [6.45, 7) is 1.90. The first-order valence-electron chi connectivity index (χ1n) is 5.18. The molecule has 0 aliphatic heterocycles. The molecule has 0 saturated carbocycles. The molecule has 1 aromatic heterocycles. The zero-order chi connectivity index (χ0) is 13.1. The van der Waals surface area contributed by atoms with Crippen LogP contribution in [0.25, 0.3) is 11.1 Å². The third kappa shape index (κ3) is 2.18. The van der Waals surface area contributed by atoms with E-state index in [0.29, 0.717) is 16.7 Å². The van der Waals surface area contributed by atoms with E-state index in [-0.39, 0.29) is 5.82 Å². The van der Waals surface area contributed by atoms with Crippen LogP contribution in [0.15, 0.2) is 30.6 Å². The van der Waals surface area contributed by atoms with Gasteiger partial charge in [-0.2, -0.15) is 5.26 Å². The van der Waals surface area contributed by atoms with E-state index < -0.39 is 5.97 Å². The van der Waals surface area contributed by atoms with Gasteiger partial charge >= 0.3 is 5.97 Å². The molecule has 1 heterocycles. The minimum absolute atomic E-state index is 0.260. The number of aromatic nitrogens is 2. The molecular weight excluding hydrogens is 230 g/mol. The van der Waals surface area contributed by atoms with E-state index in [1.165, 1.54) is 12.4 Å². The zero-order valence-corrected chi connectivity index (χ0v) is 9.58. The average molecular weight is 239 g/mol. The first-order chi connectivity index (χ1) is 8.61. The van der Waals surface area contributed by atoms with Gasteiger partial charge in [0, 0.05) is 23.5 Å². The molecule has 0 saturated heterocycles. The molecule has 0 fully saturated rings. The van der Waals surface area contributed by atoms with E-state index in [1.54, 1.807) is 12.1 Å². The number of hydrogen-bond acceptors (Lipinski definition) is 4. The minimum Gasteiger partial charge on any atom is -0.475 e. The van der Waals surface area contributed by atoms with E-state index in [2.05, 4.69) is 16.0 Å². The normalized spacial score (nSPS) is 9.78. The van der Waals surface area contributed by atoms with Gasteiger partial charge in [-0.15, -0.1) is 0 Å². The molecule has 1 aromatic carbocycles. The van der Waals surface area contributed by atoms with E-state index in [4.69, 9.17) is 10.4 Å². The van der Waals surface area contributed by atoms with Gasteiger partial charge < -0.3 is 5.11 Å². The molecule has 88 valence electrons. The molecule has 0 unspecified atom stereocenters. The first-order valence-corrected chi connectivity index (χ1v) is 5.18. The summed E-state index contributed by atoms with van der Waals surface area (Å²) in [5.74, 6) is -1.43. The summed E-state index contributed by atoms with van der Waals surface area (Å²) < 4.78 is 0. The summed E-state index contributed by atoms with van der Waals surface area (Å²) in [4.78, 5) is 18.1. The molecular formula is C13H9N3O2. The lowest BCUT2D eigenvalue weighted by atomic mass is 10.0. The zero-order valence-electron chi connectivity index (χ0n) is 9.58. The summed E-state index contributed by atoms with van der Waals surface area (Å²) in [7, 11) is 0. The molecule has 0 aliphatic carbocycles. The van der Waals surface area contributed by atoms with Crippen LogP contribution in [0.5, 0.6) is 0 Å². The highest BCUT2D eigenvalue weighted by molar-refractivity contribution is 5.83. The van der Waals surface area contributed by atoms with Crippen LogP contribution < -0.4 is 0 Å². The van der Waals surface area contributed by atoms with Gasteiger partial charge in [0.1, 0.15) is 0 Å². The number of carboxylic acids is 1. The van der Waals surface area contributed by atoms with Gasteiger partial charge in [0.25, 0.3) is 0 Å². The predicted octanol–water partition coefficient (Wildman–Crippen LogP) is 2.02. The fraction of sp³-hybridized carbons (Fsp3) is 0.0769. The quantitative estimate of drug-likeness (QED) is 0.866. The number of nitrogens with zero attached hydrogens (tertiary/aromatic N) is 3. The molecule has 0 aliphatic rings. The van der Waals surface area contributed by atoms with Crippen LogP contribution >= 0.6 is 0 Å². The second-order valence-electron chi connectivity index (χ2n) is 3.76. The summed E-state index contributed by atoms with van der Waals surface area (Å²) >= 11 is 0. The van der Waals surface area contributed by atoms with Gasteiger partial charge in [-0.3, -0.25) is 0 Å². The predicted molar refractivity (Wildman–Crippen MR) is 63.9 cm³/mol. The van der Waals surface area contributed by atoms with Gasteiger partial charge in [-0.1, -0.05) is 12.1 Å². The SMILES string of the molecule is Cc1ccc(-c2cnc(C(=O)O)nc2)c(C#N)c1. The molecule has 5 nitrogen and oxygen atoms in total. The van der Waals surface area contributed by atoms with Crippen molar-refractivity contribution in [2.24, 2.45) is 0 Å². The van der Waals surface area contributed by atoms with Gasteiger partial charge in [0.2, 0.25) is 5.82 Å². The Labute approximate surface area is 103 Å². The Morgan fingerprint density at radius 2 is 2.00 bits per heavy atom. The van der Waals surface area contributed by atoms with Crippen LogP contribution in [0.4, 0.5) is 0 Å². The number of carboxylic acid groups (broad SMARTS) is 1. The summed E-state index contributed by atoms with van der Waals surface area (Å²) in [6, 6.07) is 7.54. The number of nitriles is 1. The topological polar surface area (TPSA) is 86.9 Å². The van der Waals surface area contributed by atoms with E-state index in [1.807, 2.05) is 13.0 Å². The Morgan fingerprint density at radius 3 is 2.56 bits per heavy atom. The summed E-state index contributed by atoms with van der Waals surface area (Å²) in [5, 5.41) is 17.8. The van der Waals surface area contributed by atoms with Crippen LogP contribution in [-0.4, -0.2) is 21.0 Å². The standard InChI is InChI=1S/C13H9N3O2/c1-8-2-3-11(9(4-8)5-14)10-6-15-12(13(17)18)16-7-10/h2-4,6-7H,1H3,(H,17,18). The van der Waals surface area contributed by atoms with Crippen LogP contribution in [0.3, 0.4) is 0 Å². The highest BCUT2D eigenvalue weighted by Gasteiger charge is 2.09. The largest absolute Gasteiger partial charge is 0.475 e. The Kier molecular flexibility index (Phi) is 3.02. The second kappa shape index (κ2) is 4.63. The fourth-order valence-electron chi connectivity index (χ4n) is 1.58. The van der Waals surface area contributed by atoms with Crippen LogP contribution in [0.2, 0.25) is 0 Å². The highest BCUT2D eigenvalue weighted by atomic mass is 16.4. The molecule has 0 bridgehead atoms. The van der Waals surface area contributed by atoms with Crippen molar-refractivity contribution in [3.05, 3.63) is 47.5 Å². The van der Waals surface area contributed by atoms with Gasteiger partial charge in [-0.05, 0) is 18.6 Å². The van der Waals surface area contributed by atoms with Crippen molar-refractivity contribution < 1.29 is 9.90 Å². The lowest BCUT2D eigenvalue weighted by Gasteiger charge is -2.04. The number of rotatable bonds is 2. The van der Waals surface area contributed by atoms with Gasteiger partial charge in [-0.25, -0.2) is 14.8 Å². The maximum absolute atomic E-state index is 10.6. The number of hydrogen-bond donors (Lipinski definition) is 1. The molecule has 18 heavy (non-hydrogen) atoms. The molecule has 0 spiro atoms. The van der Waals surface area contributed by atoms with Crippen molar-refractivity contribution in [2.75, 3.05) is 0 Å². The maximum atomic E-state index is 10.6. The molecule has 0 radical (unpaired) electrons. The second-order valence-corrected chi connectivity index (χ2v) is 3.76.